The molecule has 0 spiro atoms. The molecule has 2 heterocycles. The Kier molecular flexibility index (Phi) is 6.44. The molecule has 144 valence electrons. The van der Waals surface area contributed by atoms with E-state index in [0.717, 1.165) is 21.5 Å². The molecule has 0 saturated carbocycles. The first-order valence-electron chi connectivity index (χ1n) is 8.81. The Bertz CT molecular complexity index is 929. The van der Waals surface area contributed by atoms with Gasteiger partial charge in [-0.15, -0.1) is 11.3 Å². The van der Waals surface area contributed by atoms with Gasteiger partial charge in [0.05, 0.1) is 28.6 Å². The molecule has 0 N–H and O–H groups in total. The Balaban J connectivity index is 0.00000126. The van der Waals surface area contributed by atoms with Gasteiger partial charge in [-0.3, -0.25) is 0 Å². The number of hydrogen-bond donors (Lipinski definition) is 0. The Hall–Kier alpha value is -2.60. The molecule has 0 amide bonds. The summed E-state index contributed by atoms with van der Waals surface area (Å²) in [6.07, 6.45) is -0.423. The number of aromatic nitrogens is 1. The van der Waals surface area contributed by atoms with Crippen molar-refractivity contribution in [3.63, 3.8) is 0 Å². The molecule has 0 atom stereocenters. The average Bonchev–Trinajstić information content (AvgIpc) is 3.22. The highest BCUT2D eigenvalue weighted by Crippen LogP contribution is 2.32. The minimum atomic E-state index is -0.588. The van der Waals surface area contributed by atoms with Crippen LogP contribution in [-0.4, -0.2) is 29.3 Å². The van der Waals surface area contributed by atoms with E-state index in [-0.39, 0.29) is 0 Å². The molecule has 0 aliphatic heterocycles. The zero-order chi connectivity index (χ0) is 20.2. The summed E-state index contributed by atoms with van der Waals surface area (Å²) < 4.78 is 12.8. The Labute approximate surface area is 163 Å². The van der Waals surface area contributed by atoms with E-state index in [0.29, 0.717) is 5.56 Å². The Morgan fingerprint density at radius 1 is 1.04 bits per heavy atom. The van der Waals surface area contributed by atoms with Crippen molar-refractivity contribution in [2.45, 2.75) is 40.2 Å². The van der Waals surface area contributed by atoms with Crippen LogP contribution in [0.2, 0.25) is 0 Å². The summed E-state index contributed by atoms with van der Waals surface area (Å²) in [5, 5.41) is 1.94. The number of rotatable bonds is 2. The van der Waals surface area contributed by atoms with Gasteiger partial charge in [0, 0.05) is 0 Å². The second-order valence-electron chi connectivity index (χ2n) is 6.58. The quantitative estimate of drug-likeness (QED) is 0.509. The van der Waals surface area contributed by atoms with E-state index >= 15 is 0 Å². The van der Waals surface area contributed by atoms with Crippen molar-refractivity contribution < 1.29 is 19.1 Å². The largest absolute Gasteiger partial charge is 0.465 e. The lowest BCUT2D eigenvalue weighted by molar-refractivity contribution is 0.0545. The predicted molar refractivity (Wildman–Crippen MR) is 110 cm³/mol. The molecule has 0 fully saturated rings. The molecule has 0 bridgehead atoms. The standard InChI is InChI=1S/C19H19NO4S.C2H6/c1-19(2,3)24-18(22)20-14-9-10-25-16(14)11-15(20)12-5-7-13(8-6-12)17(21)23-4;1-2/h5-11H,1-4H3;1-2H3. The monoisotopic (exact) mass is 387 g/mol. The van der Waals surface area contributed by atoms with Crippen LogP contribution < -0.4 is 0 Å². The van der Waals surface area contributed by atoms with Gasteiger partial charge in [-0.2, -0.15) is 0 Å². The smallest absolute Gasteiger partial charge is 0.419 e. The number of benzene rings is 1. The van der Waals surface area contributed by atoms with Gasteiger partial charge in [0.15, 0.2) is 0 Å². The summed E-state index contributed by atoms with van der Waals surface area (Å²) in [5.74, 6) is -0.393. The first kappa shape index (κ1) is 20.7. The lowest BCUT2D eigenvalue weighted by Gasteiger charge is -2.21. The number of esters is 1. The Morgan fingerprint density at radius 2 is 1.67 bits per heavy atom. The fourth-order valence-electron chi connectivity index (χ4n) is 2.54. The predicted octanol–water partition coefficient (Wildman–Crippen LogP) is 5.97. The van der Waals surface area contributed by atoms with Crippen LogP contribution in [0.15, 0.2) is 41.8 Å². The third-order valence-electron chi connectivity index (χ3n) is 3.60. The van der Waals surface area contributed by atoms with Gasteiger partial charge < -0.3 is 9.47 Å². The summed E-state index contributed by atoms with van der Waals surface area (Å²) in [7, 11) is 1.35. The number of carbonyl (C=O) groups excluding carboxylic acids is 2. The van der Waals surface area contributed by atoms with Crippen LogP contribution in [0.5, 0.6) is 0 Å². The van der Waals surface area contributed by atoms with Crippen LogP contribution in [0.3, 0.4) is 0 Å². The summed E-state index contributed by atoms with van der Waals surface area (Å²) in [6, 6.07) is 10.8. The molecule has 6 heteroatoms. The number of hydrogen-bond acceptors (Lipinski definition) is 5. The maximum absolute atomic E-state index is 12.7. The first-order valence-corrected chi connectivity index (χ1v) is 9.69. The second-order valence-corrected chi connectivity index (χ2v) is 7.53. The normalized spacial score (nSPS) is 10.9. The van der Waals surface area contributed by atoms with E-state index in [4.69, 9.17) is 9.47 Å². The van der Waals surface area contributed by atoms with Crippen LogP contribution in [0.4, 0.5) is 4.79 Å². The molecule has 0 radical (unpaired) electrons. The number of thiophene rings is 1. The van der Waals surface area contributed by atoms with Crippen molar-refractivity contribution in [1.29, 1.82) is 0 Å². The molecule has 0 aliphatic rings. The average molecular weight is 388 g/mol. The van der Waals surface area contributed by atoms with Gasteiger partial charge in [-0.1, -0.05) is 26.0 Å². The molecule has 27 heavy (non-hydrogen) atoms. The lowest BCUT2D eigenvalue weighted by Crippen LogP contribution is -2.27. The molecule has 0 unspecified atom stereocenters. The maximum Gasteiger partial charge on any atom is 0.419 e. The van der Waals surface area contributed by atoms with Crippen LogP contribution in [0.25, 0.3) is 21.5 Å². The van der Waals surface area contributed by atoms with E-state index in [1.165, 1.54) is 7.11 Å². The van der Waals surface area contributed by atoms with Crippen molar-refractivity contribution in [3.05, 3.63) is 47.3 Å². The van der Waals surface area contributed by atoms with Crippen molar-refractivity contribution in [1.82, 2.24) is 4.57 Å². The summed E-state index contributed by atoms with van der Waals surface area (Å²) >= 11 is 1.56. The molecular formula is C21H25NO4S. The number of methoxy groups -OCH3 is 1. The fourth-order valence-corrected chi connectivity index (χ4v) is 3.34. The van der Waals surface area contributed by atoms with E-state index in [9.17, 15) is 9.59 Å². The van der Waals surface area contributed by atoms with E-state index in [1.54, 1.807) is 40.2 Å². The van der Waals surface area contributed by atoms with E-state index in [2.05, 4.69) is 0 Å². The van der Waals surface area contributed by atoms with Gasteiger partial charge in [-0.05, 0) is 56.0 Å². The minimum Gasteiger partial charge on any atom is -0.465 e. The van der Waals surface area contributed by atoms with E-state index < -0.39 is 17.7 Å². The third kappa shape index (κ3) is 4.57. The zero-order valence-electron chi connectivity index (χ0n) is 16.5. The number of nitrogens with zero attached hydrogens (tertiary/aromatic N) is 1. The number of carbonyl (C=O) groups is 2. The molecule has 0 aliphatic carbocycles. The van der Waals surface area contributed by atoms with Gasteiger partial charge in [0.25, 0.3) is 0 Å². The SMILES string of the molecule is CC.COC(=O)c1ccc(-c2cc3sccc3n2C(=O)OC(C)(C)C)cc1. The minimum absolute atomic E-state index is 0.393. The van der Waals surface area contributed by atoms with Gasteiger partial charge in [0.2, 0.25) is 0 Å². The van der Waals surface area contributed by atoms with Crippen LogP contribution in [-0.2, 0) is 9.47 Å². The Morgan fingerprint density at radius 3 is 2.22 bits per heavy atom. The molecule has 1 aromatic carbocycles. The molecule has 3 rings (SSSR count). The molecule has 2 aromatic heterocycles. The first-order chi connectivity index (χ1) is 12.8. The van der Waals surface area contributed by atoms with Gasteiger partial charge in [0.1, 0.15) is 5.60 Å². The maximum atomic E-state index is 12.7. The topological polar surface area (TPSA) is 57.5 Å². The highest BCUT2D eigenvalue weighted by Gasteiger charge is 2.23. The highest BCUT2D eigenvalue weighted by atomic mass is 32.1. The zero-order valence-corrected chi connectivity index (χ0v) is 17.3. The fraction of sp³-hybridized carbons (Fsp3) is 0.333. The molecular weight excluding hydrogens is 362 g/mol. The van der Waals surface area contributed by atoms with Crippen molar-refractivity contribution in [2.75, 3.05) is 7.11 Å². The van der Waals surface area contributed by atoms with Crippen molar-refractivity contribution in [3.8, 4) is 11.3 Å². The van der Waals surface area contributed by atoms with Crippen molar-refractivity contribution >= 4 is 33.6 Å². The summed E-state index contributed by atoms with van der Waals surface area (Å²) in [6.45, 7) is 9.51. The third-order valence-corrected chi connectivity index (χ3v) is 4.45. The molecule has 0 saturated heterocycles. The summed E-state index contributed by atoms with van der Waals surface area (Å²) in [4.78, 5) is 24.3. The summed E-state index contributed by atoms with van der Waals surface area (Å²) in [5.41, 5.74) is 2.24. The second kappa shape index (κ2) is 8.39. The van der Waals surface area contributed by atoms with Gasteiger partial charge >= 0.3 is 12.1 Å². The van der Waals surface area contributed by atoms with Crippen LogP contribution >= 0.6 is 11.3 Å². The lowest BCUT2D eigenvalue weighted by atomic mass is 10.1. The van der Waals surface area contributed by atoms with Crippen molar-refractivity contribution in [2.24, 2.45) is 0 Å². The number of fused-ring (bicyclic) bond motifs is 1. The number of ether oxygens (including phenoxy) is 2. The highest BCUT2D eigenvalue weighted by molar-refractivity contribution is 7.17. The van der Waals surface area contributed by atoms with Crippen LogP contribution in [0.1, 0.15) is 45.0 Å². The van der Waals surface area contributed by atoms with E-state index in [1.807, 2.05) is 52.1 Å². The van der Waals surface area contributed by atoms with Gasteiger partial charge in [-0.25, -0.2) is 14.2 Å². The molecule has 3 aromatic rings. The van der Waals surface area contributed by atoms with Crippen LogP contribution in [0, 0.1) is 0 Å². The molecule has 5 nitrogen and oxygen atoms in total.